The van der Waals surface area contributed by atoms with Crippen LogP contribution in [0.4, 0.5) is 4.39 Å². The Morgan fingerprint density at radius 2 is 2.27 bits per heavy atom. The Bertz CT molecular complexity index is 758. The second-order valence-electron chi connectivity index (χ2n) is 5.49. The largest absolute Gasteiger partial charge is 0.497 e. The van der Waals surface area contributed by atoms with Gasteiger partial charge in [0.2, 0.25) is 0 Å². The summed E-state index contributed by atoms with van der Waals surface area (Å²) in [7, 11) is 1.52. The van der Waals surface area contributed by atoms with E-state index in [4.69, 9.17) is 4.74 Å². The van der Waals surface area contributed by atoms with Crippen molar-refractivity contribution in [2.24, 2.45) is 0 Å². The molecule has 1 aliphatic rings. The number of aryl methyl sites for hydroxylation is 1. The Morgan fingerprint density at radius 3 is 3.00 bits per heavy atom. The summed E-state index contributed by atoms with van der Waals surface area (Å²) in [4.78, 5) is 21.1. The summed E-state index contributed by atoms with van der Waals surface area (Å²) in [6.07, 6.45) is 0.635. The van der Waals surface area contributed by atoms with Crippen LogP contribution >= 0.6 is 0 Å². The Labute approximate surface area is 127 Å². The molecule has 116 valence electrons. The molecule has 6 heteroatoms. The lowest BCUT2D eigenvalue weighted by Crippen LogP contribution is -2.35. The zero-order chi connectivity index (χ0) is 15.7. The van der Waals surface area contributed by atoms with E-state index in [9.17, 15) is 9.18 Å². The maximum Gasteiger partial charge on any atom is 0.254 e. The molecule has 0 spiro atoms. The number of H-pyrrole nitrogens is 1. The van der Waals surface area contributed by atoms with Gasteiger partial charge in [-0.2, -0.15) is 0 Å². The number of hydrogen-bond acceptors (Lipinski definition) is 4. The quantitative estimate of drug-likeness (QED) is 0.939. The molecule has 0 atom stereocenters. The SMILES string of the molecule is COc1ccc(CN2CCc3c(nc(C)[nH]c3=O)C2)c(F)c1. The fourth-order valence-electron chi connectivity index (χ4n) is 2.78. The molecule has 0 aliphatic carbocycles. The third-order valence-corrected chi connectivity index (χ3v) is 3.93. The first kappa shape index (κ1) is 14.7. The number of fused-ring (bicyclic) bond motifs is 1. The summed E-state index contributed by atoms with van der Waals surface area (Å²) < 4.78 is 19.0. The standard InChI is InChI=1S/C16H18FN3O2/c1-10-18-15-9-20(6-5-13(15)16(21)19-10)8-11-3-4-12(22-2)7-14(11)17/h3-4,7H,5-6,8-9H2,1-2H3,(H,18,19,21). The van der Waals surface area contributed by atoms with Crippen LogP contribution in [0.3, 0.4) is 0 Å². The van der Waals surface area contributed by atoms with Gasteiger partial charge in [0.15, 0.2) is 0 Å². The molecule has 1 N–H and O–H groups in total. The average Bonchev–Trinajstić information content (AvgIpc) is 2.48. The van der Waals surface area contributed by atoms with Crippen molar-refractivity contribution in [3.63, 3.8) is 0 Å². The lowest BCUT2D eigenvalue weighted by atomic mass is 10.1. The molecule has 0 radical (unpaired) electrons. The second kappa shape index (κ2) is 5.88. The molecule has 2 heterocycles. The number of methoxy groups -OCH3 is 1. The third kappa shape index (κ3) is 2.87. The van der Waals surface area contributed by atoms with E-state index in [0.29, 0.717) is 43.2 Å². The first-order valence-electron chi connectivity index (χ1n) is 7.20. The van der Waals surface area contributed by atoms with Gasteiger partial charge in [0.1, 0.15) is 17.4 Å². The molecule has 0 unspecified atom stereocenters. The molecular weight excluding hydrogens is 285 g/mol. The van der Waals surface area contributed by atoms with E-state index in [1.807, 2.05) is 0 Å². The van der Waals surface area contributed by atoms with Crippen molar-refractivity contribution >= 4 is 0 Å². The minimum absolute atomic E-state index is 0.0576. The van der Waals surface area contributed by atoms with Gasteiger partial charge in [-0.3, -0.25) is 9.69 Å². The van der Waals surface area contributed by atoms with E-state index >= 15 is 0 Å². The molecule has 0 bridgehead atoms. The number of halogens is 1. The number of hydrogen-bond donors (Lipinski definition) is 1. The first-order valence-corrected chi connectivity index (χ1v) is 7.20. The van der Waals surface area contributed by atoms with Crippen molar-refractivity contribution in [2.75, 3.05) is 13.7 Å². The first-order chi connectivity index (χ1) is 10.6. The number of rotatable bonds is 3. The number of ether oxygens (including phenoxy) is 1. The predicted molar refractivity (Wildman–Crippen MR) is 80.4 cm³/mol. The highest BCUT2D eigenvalue weighted by atomic mass is 19.1. The molecule has 1 aromatic heterocycles. The number of aromatic nitrogens is 2. The van der Waals surface area contributed by atoms with E-state index in [0.717, 1.165) is 11.3 Å². The van der Waals surface area contributed by atoms with Crippen LogP contribution < -0.4 is 10.3 Å². The number of nitrogens with one attached hydrogen (secondary N) is 1. The Kier molecular flexibility index (Phi) is 3.94. The average molecular weight is 303 g/mol. The van der Waals surface area contributed by atoms with Crippen molar-refractivity contribution in [1.29, 1.82) is 0 Å². The normalized spacial score (nSPS) is 14.7. The van der Waals surface area contributed by atoms with Crippen LogP contribution in [-0.2, 0) is 19.5 Å². The van der Waals surface area contributed by atoms with Crippen LogP contribution in [0.5, 0.6) is 5.75 Å². The minimum Gasteiger partial charge on any atom is -0.497 e. The Balaban J connectivity index is 1.79. The summed E-state index contributed by atoms with van der Waals surface area (Å²) in [6, 6.07) is 4.88. The van der Waals surface area contributed by atoms with Crippen molar-refractivity contribution in [1.82, 2.24) is 14.9 Å². The summed E-state index contributed by atoms with van der Waals surface area (Å²) in [5.41, 5.74) is 2.10. The smallest absolute Gasteiger partial charge is 0.254 e. The van der Waals surface area contributed by atoms with Crippen LogP contribution in [0.1, 0.15) is 22.6 Å². The third-order valence-electron chi connectivity index (χ3n) is 3.93. The number of benzene rings is 1. The van der Waals surface area contributed by atoms with Crippen LogP contribution in [0.2, 0.25) is 0 Å². The van der Waals surface area contributed by atoms with Gasteiger partial charge in [-0.15, -0.1) is 0 Å². The maximum absolute atomic E-state index is 14.0. The van der Waals surface area contributed by atoms with E-state index in [1.165, 1.54) is 13.2 Å². The highest BCUT2D eigenvalue weighted by Crippen LogP contribution is 2.20. The Morgan fingerprint density at radius 1 is 1.45 bits per heavy atom. The van der Waals surface area contributed by atoms with E-state index in [1.54, 1.807) is 19.1 Å². The number of nitrogens with zero attached hydrogens (tertiary/aromatic N) is 2. The fraction of sp³-hybridized carbons (Fsp3) is 0.375. The molecule has 22 heavy (non-hydrogen) atoms. The molecule has 0 saturated carbocycles. The van der Waals surface area contributed by atoms with Gasteiger partial charge in [-0.05, 0) is 19.4 Å². The molecule has 0 saturated heterocycles. The molecule has 2 aromatic rings. The van der Waals surface area contributed by atoms with E-state index < -0.39 is 0 Å². The van der Waals surface area contributed by atoms with Crippen molar-refractivity contribution in [2.45, 2.75) is 26.4 Å². The molecule has 0 amide bonds. The zero-order valence-corrected chi connectivity index (χ0v) is 12.6. The molecular formula is C16H18FN3O2. The van der Waals surface area contributed by atoms with Gasteiger partial charge in [0.25, 0.3) is 5.56 Å². The molecule has 1 aliphatic heterocycles. The highest BCUT2D eigenvalue weighted by molar-refractivity contribution is 5.29. The van der Waals surface area contributed by atoms with Crippen LogP contribution in [0.15, 0.2) is 23.0 Å². The maximum atomic E-state index is 14.0. The lowest BCUT2D eigenvalue weighted by molar-refractivity contribution is 0.237. The van der Waals surface area contributed by atoms with Crippen LogP contribution in [0.25, 0.3) is 0 Å². The van der Waals surface area contributed by atoms with Gasteiger partial charge in [-0.25, -0.2) is 9.37 Å². The fourth-order valence-corrected chi connectivity index (χ4v) is 2.78. The van der Waals surface area contributed by atoms with Gasteiger partial charge in [-0.1, -0.05) is 6.07 Å². The predicted octanol–water partition coefficient (Wildman–Crippen LogP) is 1.78. The van der Waals surface area contributed by atoms with Gasteiger partial charge in [0.05, 0.1) is 12.8 Å². The van der Waals surface area contributed by atoms with E-state index in [-0.39, 0.29) is 11.4 Å². The minimum atomic E-state index is -0.278. The topological polar surface area (TPSA) is 58.2 Å². The zero-order valence-electron chi connectivity index (χ0n) is 12.6. The number of aromatic amines is 1. The molecule has 3 rings (SSSR count). The van der Waals surface area contributed by atoms with Crippen molar-refractivity contribution < 1.29 is 9.13 Å². The second-order valence-corrected chi connectivity index (χ2v) is 5.49. The summed E-state index contributed by atoms with van der Waals surface area (Å²) in [5.74, 6) is 0.843. The summed E-state index contributed by atoms with van der Waals surface area (Å²) in [5, 5.41) is 0. The summed E-state index contributed by atoms with van der Waals surface area (Å²) >= 11 is 0. The van der Waals surface area contributed by atoms with Gasteiger partial charge in [0, 0.05) is 36.8 Å². The molecule has 1 aromatic carbocycles. The van der Waals surface area contributed by atoms with Crippen molar-refractivity contribution in [3.8, 4) is 5.75 Å². The van der Waals surface area contributed by atoms with Gasteiger partial charge < -0.3 is 9.72 Å². The monoisotopic (exact) mass is 303 g/mol. The van der Waals surface area contributed by atoms with E-state index in [2.05, 4.69) is 14.9 Å². The Hall–Kier alpha value is -2.21. The van der Waals surface area contributed by atoms with Crippen LogP contribution in [-0.4, -0.2) is 28.5 Å². The van der Waals surface area contributed by atoms with Gasteiger partial charge >= 0.3 is 0 Å². The highest BCUT2D eigenvalue weighted by Gasteiger charge is 2.21. The molecule has 5 nitrogen and oxygen atoms in total. The van der Waals surface area contributed by atoms with Crippen molar-refractivity contribution in [3.05, 3.63) is 57.0 Å². The summed E-state index contributed by atoms with van der Waals surface area (Å²) in [6.45, 7) is 3.53. The van der Waals surface area contributed by atoms with Crippen LogP contribution in [0, 0.1) is 12.7 Å². The lowest BCUT2D eigenvalue weighted by Gasteiger charge is -2.27. The molecule has 0 fully saturated rings.